The first kappa shape index (κ1) is 25.5. The first-order valence-electron chi connectivity index (χ1n) is 11.1. The standard InChI is InChI=1S/C24H25ClN6O4S/c1-14(2)22-30-31-23(35-22)17-12-26-24(27-16-9-10-20(18(25)11-16)36(3,33)34)29-21(17)28-19(13-32)15-7-5-4-6-8-15/h4-12,14,19,32H,13H2,1-3H3,(H2,26,27,28,29)/t19-/m1/s1. The van der Waals surface area contributed by atoms with Gasteiger partial charge in [-0.2, -0.15) is 4.98 Å². The van der Waals surface area contributed by atoms with E-state index in [9.17, 15) is 13.5 Å². The lowest BCUT2D eigenvalue weighted by Crippen LogP contribution is -2.17. The van der Waals surface area contributed by atoms with E-state index in [1.165, 1.54) is 18.3 Å². The number of sulfone groups is 1. The van der Waals surface area contributed by atoms with Gasteiger partial charge < -0.3 is 20.2 Å². The molecule has 12 heteroatoms. The van der Waals surface area contributed by atoms with Crippen molar-refractivity contribution in [3.05, 3.63) is 71.2 Å². The summed E-state index contributed by atoms with van der Waals surface area (Å²) in [5.74, 6) is 1.31. The monoisotopic (exact) mass is 528 g/mol. The molecule has 2 aromatic heterocycles. The number of halogens is 1. The van der Waals surface area contributed by atoms with E-state index in [0.717, 1.165) is 11.8 Å². The minimum absolute atomic E-state index is 0.0272. The summed E-state index contributed by atoms with van der Waals surface area (Å²) in [5, 5.41) is 24.6. The van der Waals surface area contributed by atoms with Crippen molar-refractivity contribution in [2.75, 3.05) is 23.5 Å². The third kappa shape index (κ3) is 5.81. The smallest absolute Gasteiger partial charge is 0.253 e. The molecule has 0 amide bonds. The predicted molar refractivity (Wildman–Crippen MR) is 137 cm³/mol. The van der Waals surface area contributed by atoms with Crippen LogP contribution in [-0.4, -0.2) is 46.6 Å². The van der Waals surface area contributed by atoms with Crippen molar-refractivity contribution in [1.29, 1.82) is 0 Å². The summed E-state index contributed by atoms with van der Waals surface area (Å²) >= 11 is 6.17. The van der Waals surface area contributed by atoms with Gasteiger partial charge in [-0.3, -0.25) is 0 Å². The van der Waals surface area contributed by atoms with E-state index >= 15 is 0 Å². The fourth-order valence-corrected chi connectivity index (χ4v) is 4.71. The number of hydrogen-bond donors (Lipinski definition) is 3. The maximum atomic E-state index is 11.9. The lowest BCUT2D eigenvalue weighted by atomic mass is 10.1. The van der Waals surface area contributed by atoms with Gasteiger partial charge in [0.2, 0.25) is 11.8 Å². The molecule has 1 atom stereocenters. The minimum atomic E-state index is -3.46. The van der Waals surface area contributed by atoms with Gasteiger partial charge >= 0.3 is 0 Å². The van der Waals surface area contributed by atoms with Crippen LogP contribution in [0.3, 0.4) is 0 Å². The highest BCUT2D eigenvalue weighted by Gasteiger charge is 2.21. The van der Waals surface area contributed by atoms with Gasteiger partial charge in [0.05, 0.1) is 28.1 Å². The molecule has 36 heavy (non-hydrogen) atoms. The van der Waals surface area contributed by atoms with Gasteiger partial charge in [-0.15, -0.1) is 10.2 Å². The molecular weight excluding hydrogens is 504 g/mol. The van der Waals surface area contributed by atoms with E-state index in [4.69, 9.17) is 16.0 Å². The van der Waals surface area contributed by atoms with Crippen LogP contribution in [-0.2, 0) is 9.84 Å². The number of hydrogen-bond acceptors (Lipinski definition) is 10. The van der Waals surface area contributed by atoms with Crippen molar-refractivity contribution >= 4 is 38.9 Å². The van der Waals surface area contributed by atoms with Crippen LogP contribution in [0.2, 0.25) is 5.02 Å². The molecular formula is C24H25ClN6O4S. The van der Waals surface area contributed by atoms with E-state index in [0.29, 0.717) is 23.0 Å². The van der Waals surface area contributed by atoms with Crippen molar-refractivity contribution in [3.8, 4) is 11.5 Å². The lowest BCUT2D eigenvalue weighted by Gasteiger charge is -2.19. The molecule has 0 fully saturated rings. The maximum absolute atomic E-state index is 11.9. The Morgan fingerprint density at radius 2 is 1.86 bits per heavy atom. The zero-order chi connectivity index (χ0) is 25.9. The Bertz CT molecular complexity index is 1460. The zero-order valence-corrected chi connectivity index (χ0v) is 21.4. The molecule has 0 aliphatic rings. The van der Waals surface area contributed by atoms with Gasteiger partial charge in [-0.05, 0) is 23.8 Å². The highest BCUT2D eigenvalue weighted by atomic mass is 35.5. The summed E-state index contributed by atoms with van der Waals surface area (Å²) in [6.45, 7) is 3.69. The molecule has 0 unspecified atom stereocenters. The number of aliphatic hydroxyl groups excluding tert-OH is 1. The summed E-state index contributed by atoms with van der Waals surface area (Å²) in [7, 11) is -3.46. The second-order valence-electron chi connectivity index (χ2n) is 8.39. The van der Waals surface area contributed by atoms with Crippen LogP contribution in [0, 0.1) is 0 Å². The minimum Gasteiger partial charge on any atom is -0.420 e. The van der Waals surface area contributed by atoms with Crippen molar-refractivity contribution < 1.29 is 17.9 Å². The number of nitrogens with zero attached hydrogens (tertiary/aromatic N) is 4. The molecule has 0 radical (unpaired) electrons. The highest BCUT2D eigenvalue weighted by Crippen LogP contribution is 2.31. The highest BCUT2D eigenvalue weighted by molar-refractivity contribution is 7.90. The Morgan fingerprint density at radius 1 is 1.11 bits per heavy atom. The molecule has 0 bridgehead atoms. The average Bonchev–Trinajstić information content (AvgIpc) is 3.33. The predicted octanol–water partition coefficient (Wildman–Crippen LogP) is 4.60. The molecule has 4 aromatic rings. The maximum Gasteiger partial charge on any atom is 0.253 e. The van der Waals surface area contributed by atoms with Crippen LogP contribution in [0.25, 0.3) is 11.5 Å². The molecule has 4 rings (SSSR count). The largest absolute Gasteiger partial charge is 0.420 e. The molecule has 0 saturated heterocycles. The van der Waals surface area contributed by atoms with E-state index in [2.05, 4.69) is 30.8 Å². The SMILES string of the molecule is CC(C)c1nnc(-c2cnc(Nc3ccc(S(C)(=O)=O)c(Cl)c3)nc2N[C@H](CO)c2ccccc2)o1. The normalized spacial score (nSPS) is 12.5. The van der Waals surface area contributed by atoms with Gasteiger partial charge in [0.25, 0.3) is 5.89 Å². The third-order valence-electron chi connectivity index (χ3n) is 5.24. The summed E-state index contributed by atoms with van der Waals surface area (Å²) in [5.41, 5.74) is 1.81. The number of benzene rings is 2. The Hall–Kier alpha value is -3.54. The molecule has 0 spiro atoms. The molecule has 0 saturated carbocycles. The van der Waals surface area contributed by atoms with Gasteiger partial charge in [0, 0.05) is 24.1 Å². The Morgan fingerprint density at radius 3 is 2.47 bits per heavy atom. The topological polar surface area (TPSA) is 143 Å². The molecule has 188 valence electrons. The fourth-order valence-electron chi connectivity index (χ4n) is 3.38. The van der Waals surface area contributed by atoms with E-state index in [1.54, 1.807) is 6.07 Å². The summed E-state index contributed by atoms with van der Waals surface area (Å²) < 4.78 is 29.5. The van der Waals surface area contributed by atoms with Crippen LogP contribution in [0.5, 0.6) is 0 Å². The van der Waals surface area contributed by atoms with Crippen molar-refractivity contribution in [1.82, 2.24) is 20.2 Å². The second kappa shape index (κ2) is 10.6. The average molecular weight is 529 g/mol. The summed E-state index contributed by atoms with van der Waals surface area (Å²) in [6, 6.07) is 13.4. The quantitative estimate of drug-likeness (QED) is 0.282. The van der Waals surface area contributed by atoms with Crippen molar-refractivity contribution in [2.24, 2.45) is 0 Å². The van der Waals surface area contributed by atoms with Crippen molar-refractivity contribution in [2.45, 2.75) is 30.7 Å². The molecule has 3 N–H and O–H groups in total. The zero-order valence-electron chi connectivity index (χ0n) is 19.8. The first-order valence-corrected chi connectivity index (χ1v) is 13.3. The Balaban J connectivity index is 1.71. The van der Waals surface area contributed by atoms with Gasteiger partial charge in [0.15, 0.2) is 9.84 Å². The van der Waals surface area contributed by atoms with Gasteiger partial charge in [-0.25, -0.2) is 13.4 Å². The molecule has 10 nitrogen and oxygen atoms in total. The summed E-state index contributed by atoms with van der Waals surface area (Å²) in [4.78, 5) is 8.96. The number of anilines is 3. The van der Waals surface area contributed by atoms with Crippen molar-refractivity contribution in [3.63, 3.8) is 0 Å². The number of aliphatic hydroxyl groups is 1. The third-order valence-corrected chi connectivity index (χ3v) is 6.82. The Kier molecular flexibility index (Phi) is 7.53. The number of rotatable bonds is 9. The van der Waals surface area contributed by atoms with Crippen LogP contribution >= 0.6 is 11.6 Å². The van der Waals surface area contributed by atoms with E-state index in [-0.39, 0.29) is 34.3 Å². The molecule has 0 aliphatic heterocycles. The van der Waals surface area contributed by atoms with Gasteiger partial charge in [0.1, 0.15) is 5.82 Å². The van der Waals surface area contributed by atoms with Crippen LogP contribution < -0.4 is 10.6 Å². The van der Waals surface area contributed by atoms with E-state index in [1.807, 2.05) is 44.2 Å². The number of nitrogens with one attached hydrogen (secondary N) is 2. The first-order chi connectivity index (χ1) is 17.2. The molecule has 2 heterocycles. The molecule has 0 aliphatic carbocycles. The Labute approximate surface area is 213 Å². The number of aromatic nitrogens is 4. The van der Waals surface area contributed by atoms with Crippen LogP contribution in [0.15, 0.2) is 64.0 Å². The molecule has 2 aromatic carbocycles. The summed E-state index contributed by atoms with van der Waals surface area (Å²) in [6.07, 6.45) is 2.62. The second-order valence-corrected chi connectivity index (χ2v) is 10.8. The fraction of sp³-hybridized carbons (Fsp3) is 0.250. The van der Waals surface area contributed by atoms with E-state index < -0.39 is 15.9 Å². The van der Waals surface area contributed by atoms with Crippen LogP contribution in [0.4, 0.5) is 17.5 Å². The van der Waals surface area contributed by atoms with Gasteiger partial charge in [-0.1, -0.05) is 55.8 Å². The van der Waals surface area contributed by atoms with Crippen LogP contribution in [0.1, 0.15) is 37.3 Å². The lowest BCUT2D eigenvalue weighted by molar-refractivity contribution is 0.276.